The molecular weight excluding hydrogens is 432 g/mol. The Morgan fingerprint density at radius 3 is 2.36 bits per heavy atom. The topological polar surface area (TPSA) is 80.5 Å². The molecule has 7 heteroatoms. The molecule has 0 aliphatic carbocycles. The zero-order valence-electron chi connectivity index (χ0n) is 20.9. The second kappa shape index (κ2) is 15.0. The van der Waals surface area contributed by atoms with E-state index in [9.17, 15) is 4.79 Å². The van der Waals surface area contributed by atoms with Crippen molar-refractivity contribution in [3.05, 3.63) is 64.5 Å². The third-order valence-corrected chi connectivity index (χ3v) is 5.36. The predicted octanol–water partition coefficient (Wildman–Crippen LogP) is 6.26. The Kier molecular flexibility index (Phi) is 12.8. The predicted molar refractivity (Wildman–Crippen MR) is 142 cm³/mol. The normalized spacial score (nSPS) is 9.94. The van der Waals surface area contributed by atoms with Crippen LogP contribution in [0.25, 0.3) is 0 Å². The number of benzene rings is 2. The van der Waals surface area contributed by atoms with Crippen LogP contribution in [0.3, 0.4) is 0 Å². The molecule has 6 nitrogen and oxygen atoms in total. The summed E-state index contributed by atoms with van der Waals surface area (Å²) in [5, 5.41) is 3.79. The van der Waals surface area contributed by atoms with Crippen LogP contribution in [-0.2, 0) is 6.42 Å². The van der Waals surface area contributed by atoms with Gasteiger partial charge in [0, 0.05) is 17.8 Å². The number of ether oxygens (including phenoxy) is 1. The smallest absolute Gasteiger partial charge is 0.206 e. The Morgan fingerprint density at radius 1 is 1.09 bits per heavy atom. The Bertz CT molecular complexity index is 969. The van der Waals surface area contributed by atoms with Crippen LogP contribution in [0.4, 0.5) is 16.6 Å². The average Bonchev–Trinajstić information content (AvgIpc) is 3.21. The number of likely N-dealkylation sites (N-methyl/N-ethyl adjacent to an activating group) is 1. The van der Waals surface area contributed by atoms with Gasteiger partial charge >= 0.3 is 0 Å². The second-order valence-corrected chi connectivity index (χ2v) is 7.92. The van der Waals surface area contributed by atoms with Gasteiger partial charge in [-0.15, -0.1) is 0 Å². The lowest BCUT2D eigenvalue weighted by molar-refractivity contribution is 0.104. The van der Waals surface area contributed by atoms with Crippen LogP contribution in [-0.4, -0.2) is 42.9 Å². The zero-order valence-corrected chi connectivity index (χ0v) is 21.8. The minimum atomic E-state index is -0.104. The summed E-state index contributed by atoms with van der Waals surface area (Å²) in [7, 11) is 4.02. The van der Waals surface area contributed by atoms with Gasteiger partial charge in [-0.2, -0.15) is 0 Å². The number of aromatic nitrogens is 1. The van der Waals surface area contributed by atoms with E-state index in [1.54, 1.807) is 0 Å². The molecule has 0 aliphatic heterocycles. The Hall–Kier alpha value is -2.90. The first-order chi connectivity index (χ1) is 16.0. The van der Waals surface area contributed by atoms with Crippen molar-refractivity contribution in [1.29, 1.82) is 0 Å². The summed E-state index contributed by atoms with van der Waals surface area (Å²) in [5.41, 5.74) is 8.62. The highest BCUT2D eigenvalue weighted by Gasteiger charge is 2.18. The number of carbonyl (C=O) groups is 1. The van der Waals surface area contributed by atoms with Crippen molar-refractivity contribution < 1.29 is 9.53 Å². The first-order valence-corrected chi connectivity index (χ1v) is 12.3. The van der Waals surface area contributed by atoms with Crippen LogP contribution in [0.1, 0.15) is 55.4 Å². The van der Waals surface area contributed by atoms with Gasteiger partial charge in [-0.05, 0) is 56.4 Å². The fraction of sp³-hybridized carbons (Fsp3) is 0.385. The standard InChI is InChI=1S/C22H26N4O2S.2C2H6/c1-4-15-6-5-7-16(14-15)19(27)20-21(23)25-22(29-20)24-17-8-10-18(11-9-17)28-13-12-26(2)3;2*1-2/h5-11,14H,4,12-13,23H2,1-3H3,(H,24,25);2*1-2H3. The number of nitrogens with two attached hydrogens (primary N) is 1. The van der Waals surface area contributed by atoms with Gasteiger partial charge in [0.05, 0.1) is 0 Å². The van der Waals surface area contributed by atoms with Gasteiger partial charge in [0.25, 0.3) is 0 Å². The van der Waals surface area contributed by atoms with Gasteiger partial charge in [-0.3, -0.25) is 4.79 Å². The number of thiazole rings is 1. The lowest BCUT2D eigenvalue weighted by Crippen LogP contribution is -2.19. The summed E-state index contributed by atoms with van der Waals surface area (Å²) >= 11 is 1.26. The summed E-state index contributed by atoms with van der Waals surface area (Å²) in [6, 6.07) is 15.2. The van der Waals surface area contributed by atoms with Crippen LogP contribution in [0.15, 0.2) is 48.5 Å². The number of rotatable bonds is 9. The number of anilines is 3. The van der Waals surface area contributed by atoms with E-state index in [0.717, 1.165) is 30.0 Å². The van der Waals surface area contributed by atoms with E-state index >= 15 is 0 Å². The van der Waals surface area contributed by atoms with E-state index in [2.05, 4.69) is 22.1 Å². The number of nitrogen functional groups attached to an aromatic ring is 1. The molecule has 0 bridgehead atoms. The molecule has 1 aromatic heterocycles. The van der Waals surface area contributed by atoms with Crippen molar-refractivity contribution in [3.63, 3.8) is 0 Å². The maximum atomic E-state index is 12.8. The van der Waals surface area contributed by atoms with Crippen LogP contribution in [0.5, 0.6) is 5.75 Å². The first kappa shape index (κ1) is 28.1. The lowest BCUT2D eigenvalue weighted by atomic mass is 10.1. The molecule has 0 fully saturated rings. The molecule has 1 heterocycles. The van der Waals surface area contributed by atoms with Gasteiger partial charge < -0.3 is 20.7 Å². The molecule has 3 rings (SSSR count). The van der Waals surface area contributed by atoms with Crippen molar-refractivity contribution in [1.82, 2.24) is 9.88 Å². The largest absolute Gasteiger partial charge is 0.492 e. The highest BCUT2D eigenvalue weighted by Crippen LogP contribution is 2.30. The third-order valence-electron chi connectivity index (χ3n) is 4.37. The molecule has 0 aliphatic rings. The van der Waals surface area contributed by atoms with Crippen LogP contribution >= 0.6 is 11.3 Å². The van der Waals surface area contributed by atoms with Gasteiger partial charge in [-0.25, -0.2) is 4.98 Å². The maximum Gasteiger partial charge on any atom is 0.206 e. The minimum absolute atomic E-state index is 0.104. The third kappa shape index (κ3) is 8.86. The van der Waals surface area contributed by atoms with E-state index in [4.69, 9.17) is 10.5 Å². The van der Waals surface area contributed by atoms with Gasteiger partial charge in [0.15, 0.2) is 5.13 Å². The second-order valence-electron chi connectivity index (χ2n) is 6.92. The zero-order chi connectivity index (χ0) is 24.8. The van der Waals surface area contributed by atoms with Crippen LogP contribution < -0.4 is 15.8 Å². The Labute approximate surface area is 202 Å². The van der Waals surface area contributed by atoms with E-state index in [-0.39, 0.29) is 11.6 Å². The number of hydrogen-bond acceptors (Lipinski definition) is 7. The monoisotopic (exact) mass is 470 g/mol. The molecule has 180 valence electrons. The summed E-state index contributed by atoms with van der Waals surface area (Å²) in [4.78, 5) is 19.7. The fourth-order valence-corrected chi connectivity index (χ4v) is 3.58. The van der Waals surface area contributed by atoms with Crippen LogP contribution in [0, 0.1) is 0 Å². The molecule has 3 aromatic rings. The molecule has 2 aromatic carbocycles. The molecule has 0 saturated heterocycles. The number of aryl methyl sites for hydroxylation is 1. The summed E-state index contributed by atoms with van der Waals surface area (Å²) in [6.07, 6.45) is 0.876. The number of nitrogens with one attached hydrogen (secondary N) is 1. The molecule has 3 N–H and O–H groups in total. The van der Waals surface area contributed by atoms with E-state index in [0.29, 0.717) is 22.2 Å². The molecule has 0 atom stereocenters. The summed E-state index contributed by atoms with van der Waals surface area (Å²) < 4.78 is 5.70. The fourth-order valence-electron chi connectivity index (χ4n) is 2.72. The lowest BCUT2D eigenvalue weighted by Gasteiger charge is -2.11. The van der Waals surface area contributed by atoms with Crippen LogP contribution in [0.2, 0.25) is 0 Å². The van der Waals surface area contributed by atoms with Crippen molar-refractivity contribution >= 4 is 33.8 Å². The average molecular weight is 471 g/mol. The van der Waals surface area contributed by atoms with E-state index < -0.39 is 0 Å². The molecule has 33 heavy (non-hydrogen) atoms. The minimum Gasteiger partial charge on any atom is -0.492 e. The Balaban J connectivity index is 0.00000129. The molecule has 0 spiro atoms. The molecule has 0 saturated carbocycles. The molecular formula is C26H38N4O2S. The van der Waals surface area contributed by atoms with Crippen molar-refractivity contribution in [2.75, 3.05) is 38.3 Å². The van der Waals surface area contributed by atoms with Gasteiger partial charge in [-0.1, -0.05) is 64.2 Å². The van der Waals surface area contributed by atoms with E-state index in [1.807, 2.05) is 90.3 Å². The van der Waals surface area contributed by atoms with Crippen molar-refractivity contribution in [3.8, 4) is 5.75 Å². The molecule has 0 radical (unpaired) electrons. The van der Waals surface area contributed by atoms with E-state index in [1.165, 1.54) is 11.3 Å². The highest BCUT2D eigenvalue weighted by atomic mass is 32.1. The SMILES string of the molecule is CC.CC.CCc1cccc(C(=O)c2sc(Nc3ccc(OCCN(C)C)cc3)nc2N)c1. The van der Waals surface area contributed by atoms with Gasteiger partial charge in [0.1, 0.15) is 23.1 Å². The Morgan fingerprint density at radius 2 is 1.76 bits per heavy atom. The first-order valence-electron chi connectivity index (χ1n) is 11.5. The molecule has 0 amide bonds. The van der Waals surface area contributed by atoms with Gasteiger partial charge in [0.2, 0.25) is 5.78 Å². The number of hydrogen-bond donors (Lipinski definition) is 2. The van der Waals surface area contributed by atoms with Crippen molar-refractivity contribution in [2.45, 2.75) is 41.0 Å². The summed E-state index contributed by atoms with van der Waals surface area (Å²) in [6.45, 7) is 11.6. The van der Waals surface area contributed by atoms with Crippen molar-refractivity contribution in [2.24, 2.45) is 0 Å². The summed E-state index contributed by atoms with van der Waals surface area (Å²) in [5.74, 6) is 0.948. The number of carbonyl (C=O) groups excluding carboxylic acids is 1. The quantitative estimate of drug-likeness (QED) is 0.360. The highest BCUT2D eigenvalue weighted by molar-refractivity contribution is 7.18. The maximum absolute atomic E-state index is 12.8. The number of nitrogens with zero attached hydrogens (tertiary/aromatic N) is 2. The number of ketones is 1. The molecule has 0 unspecified atom stereocenters.